The molecular weight excluding hydrogens is 331 g/mol. The van der Waals surface area contributed by atoms with Gasteiger partial charge >= 0.3 is 0 Å². The molecule has 0 spiro atoms. The smallest absolute Gasteiger partial charge is 0.225 e. The molecule has 132 valence electrons. The van der Waals surface area contributed by atoms with Crippen LogP contribution in [-0.4, -0.2) is 27.0 Å². The third-order valence-electron chi connectivity index (χ3n) is 4.50. The van der Waals surface area contributed by atoms with Gasteiger partial charge in [0, 0.05) is 30.1 Å². The summed E-state index contributed by atoms with van der Waals surface area (Å²) in [5, 5.41) is 6.02. The molecule has 7 heteroatoms. The molecule has 2 aromatic heterocycles. The fraction of sp³-hybridized carbons (Fsp3) is 0.263. The Kier molecular flexibility index (Phi) is 4.43. The normalized spacial score (nSPS) is 16.0. The van der Waals surface area contributed by atoms with Crippen molar-refractivity contribution in [3.8, 4) is 11.4 Å². The molecule has 1 atom stereocenters. The van der Waals surface area contributed by atoms with Gasteiger partial charge in [-0.05, 0) is 19.3 Å². The average Bonchev–Trinajstić information content (AvgIpc) is 2.70. The third-order valence-corrected chi connectivity index (χ3v) is 4.50. The molecule has 2 N–H and O–H groups in total. The molecule has 0 saturated carbocycles. The van der Waals surface area contributed by atoms with Crippen molar-refractivity contribution in [2.75, 3.05) is 17.7 Å². The quantitative estimate of drug-likeness (QED) is 0.749. The van der Waals surface area contributed by atoms with E-state index in [1.54, 1.807) is 7.05 Å². The predicted octanol–water partition coefficient (Wildman–Crippen LogP) is 3.60. The summed E-state index contributed by atoms with van der Waals surface area (Å²) in [4.78, 5) is 17.5. The van der Waals surface area contributed by atoms with E-state index in [1.807, 2.05) is 36.5 Å². The Morgan fingerprint density at radius 3 is 2.73 bits per heavy atom. The minimum Gasteiger partial charge on any atom is -0.371 e. The van der Waals surface area contributed by atoms with Crippen LogP contribution in [0.25, 0.3) is 11.4 Å². The maximum atomic E-state index is 13.6. The number of nitrogens with zero attached hydrogens (tertiary/aromatic N) is 4. The van der Waals surface area contributed by atoms with Crippen molar-refractivity contribution >= 4 is 11.8 Å². The molecule has 0 fully saturated rings. The van der Waals surface area contributed by atoms with Gasteiger partial charge in [0.15, 0.2) is 17.5 Å². The van der Waals surface area contributed by atoms with Crippen LogP contribution in [0.5, 0.6) is 0 Å². The zero-order valence-corrected chi connectivity index (χ0v) is 14.4. The number of aryl methyl sites for hydroxylation is 1. The van der Waals surface area contributed by atoms with Gasteiger partial charge in [-0.2, -0.15) is 4.98 Å². The van der Waals surface area contributed by atoms with E-state index in [0.29, 0.717) is 5.95 Å². The summed E-state index contributed by atoms with van der Waals surface area (Å²) in [6, 6.07) is 9.96. The molecule has 3 aromatic rings. The molecule has 4 rings (SSSR count). The second kappa shape index (κ2) is 7.03. The average molecular weight is 350 g/mol. The summed E-state index contributed by atoms with van der Waals surface area (Å²) < 4.78 is 13.6. The van der Waals surface area contributed by atoms with E-state index in [-0.39, 0.29) is 11.9 Å². The highest BCUT2D eigenvalue weighted by Gasteiger charge is 2.23. The van der Waals surface area contributed by atoms with Crippen molar-refractivity contribution in [1.29, 1.82) is 0 Å². The van der Waals surface area contributed by atoms with Crippen molar-refractivity contribution in [2.24, 2.45) is 0 Å². The van der Waals surface area contributed by atoms with Gasteiger partial charge in [-0.15, -0.1) is 0 Å². The fourth-order valence-corrected chi connectivity index (χ4v) is 3.19. The number of benzene rings is 1. The van der Waals surface area contributed by atoms with Crippen LogP contribution in [0.1, 0.15) is 30.1 Å². The second-order valence-corrected chi connectivity index (χ2v) is 6.19. The zero-order valence-electron chi connectivity index (χ0n) is 14.4. The van der Waals surface area contributed by atoms with Gasteiger partial charge in [0.2, 0.25) is 5.95 Å². The van der Waals surface area contributed by atoms with Crippen molar-refractivity contribution in [3.63, 3.8) is 0 Å². The predicted molar refractivity (Wildman–Crippen MR) is 98.3 cm³/mol. The van der Waals surface area contributed by atoms with E-state index in [0.717, 1.165) is 41.9 Å². The molecule has 0 aliphatic heterocycles. The highest BCUT2D eigenvalue weighted by Crippen LogP contribution is 2.31. The molecule has 0 saturated heterocycles. The molecule has 0 unspecified atom stereocenters. The molecule has 0 radical (unpaired) electrons. The lowest BCUT2D eigenvalue weighted by molar-refractivity contribution is 0.579. The van der Waals surface area contributed by atoms with E-state index in [2.05, 4.69) is 25.6 Å². The van der Waals surface area contributed by atoms with E-state index >= 15 is 0 Å². The van der Waals surface area contributed by atoms with Crippen LogP contribution in [0.4, 0.5) is 16.2 Å². The lowest BCUT2D eigenvalue weighted by Crippen LogP contribution is -2.20. The van der Waals surface area contributed by atoms with Crippen molar-refractivity contribution in [3.05, 3.63) is 59.8 Å². The highest BCUT2D eigenvalue weighted by molar-refractivity contribution is 5.55. The van der Waals surface area contributed by atoms with E-state index < -0.39 is 5.82 Å². The van der Waals surface area contributed by atoms with Crippen LogP contribution in [0, 0.1) is 5.82 Å². The molecular formula is C19H19FN6. The van der Waals surface area contributed by atoms with Crippen LogP contribution in [-0.2, 0) is 6.42 Å². The van der Waals surface area contributed by atoms with E-state index in [1.165, 1.54) is 6.20 Å². The second-order valence-electron chi connectivity index (χ2n) is 6.19. The molecule has 1 aliphatic carbocycles. The van der Waals surface area contributed by atoms with Crippen LogP contribution in [0.3, 0.4) is 0 Å². The first-order chi connectivity index (χ1) is 12.7. The SMILES string of the molecule is CNc1nc(N[C@@H]2CCCc3nc(-c4ccccc4)ncc32)ncc1F. The Morgan fingerprint density at radius 2 is 1.92 bits per heavy atom. The number of nitrogens with one attached hydrogen (secondary N) is 2. The molecule has 26 heavy (non-hydrogen) atoms. The number of aromatic nitrogens is 4. The van der Waals surface area contributed by atoms with Gasteiger partial charge in [-0.25, -0.2) is 19.3 Å². The van der Waals surface area contributed by atoms with Gasteiger partial charge < -0.3 is 10.6 Å². The topological polar surface area (TPSA) is 75.6 Å². The fourth-order valence-electron chi connectivity index (χ4n) is 3.19. The minimum atomic E-state index is -0.474. The molecule has 0 amide bonds. The Labute approximate surface area is 151 Å². The Morgan fingerprint density at radius 1 is 1.08 bits per heavy atom. The first kappa shape index (κ1) is 16.4. The van der Waals surface area contributed by atoms with Crippen molar-refractivity contribution in [1.82, 2.24) is 19.9 Å². The lowest BCUT2D eigenvalue weighted by Gasteiger charge is -2.25. The zero-order chi connectivity index (χ0) is 17.9. The largest absolute Gasteiger partial charge is 0.371 e. The number of rotatable bonds is 4. The summed E-state index contributed by atoms with van der Waals surface area (Å²) in [5.41, 5.74) is 3.10. The van der Waals surface area contributed by atoms with Crippen LogP contribution in [0.15, 0.2) is 42.7 Å². The van der Waals surface area contributed by atoms with Gasteiger partial charge in [-0.1, -0.05) is 30.3 Å². The molecule has 1 aliphatic rings. The van der Waals surface area contributed by atoms with Gasteiger partial charge in [0.1, 0.15) is 0 Å². The Hall–Kier alpha value is -3.09. The van der Waals surface area contributed by atoms with Gasteiger partial charge in [-0.3, -0.25) is 0 Å². The molecule has 0 bridgehead atoms. The third kappa shape index (κ3) is 3.20. The lowest BCUT2D eigenvalue weighted by atomic mass is 9.92. The van der Waals surface area contributed by atoms with Crippen LogP contribution < -0.4 is 10.6 Å². The standard InChI is InChI=1S/C19H19FN6/c1-21-18-14(20)11-23-19(26-18)25-16-9-5-8-15-13(16)10-22-17(24-15)12-6-3-2-4-7-12/h2-4,6-7,10-11,16H,5,8-9H2,1H3,(H2,21,23,25,26)/t16-/m1/s1. The van der Waals surface area contributed by atoms with E-state index in [4.69, 9.17) is 4.98 Å². The molecule has 6 nitrogen and oxygen atoms in total. The first-order valence-electron chi connectivity index (χ1n) is 8.62. The maximum absolute atomic E-state index is 13.6. The Bertz CT molecular complexity index is 915. The summed E-state index contributed by atoms with van der Waals surface area (Å²) >= 11 is 0. The number of hydrogen-bond donors (Lipinski definition) is 2. The van der Waals surface area contributed by atoms with E-state index in [9.17, 15) is 4.39 Å². The molecule has 2 heterocycles. The Balaban J connectivity index is 1.61. The maximum Gasteiger partial charge on any atom is 0.225 e. The highest BCUT2D eigenvalue weighted by atomic mass is 19.1. The van der Waals surface area contributed by atoms with Crippen LogP contribution in [0.2, 0.25) is 0 Å². The minimum absolute atomic E-state index is 0.0127. The van der Waals surface area contributed by atoms with Crippen molar-refractivity contribution in [2.45, 2.75) is 25.3 Å². The summed E-state index contributed by atoms with van der Waals surface area (Å²) in [6.45, 7) is 0. The van der Waals surface area contributed by atoms with Gasteiger partial charge in [0.25, 0.3) is 0 Å². The number of hydrogen-bond acceptors (Lipinski definition) is 6. The summed E-state index contributed by atoms with van der Waals surface area (Å²) in [6.07, 6.45) is 5.90. The summed E-state index contributed by atoms with van der Waals surface area (Å²) in [7, 11) is 1.63. The number of fused-ring (bicyclic) bond motifs is 1. The molecule has 1 aromatic carbocycles. The number of halogens is 1. The first-order valence-corrected chi connectivity index (χ1v) is 8.62. The number of anilines is 2. The monoisotopic (exact) mass is 350 g/mol. The van der Waals surface area contributed by atoms with Crippen molar-refractivity contribution < 1.29 is 4.39 Å². The summed E-state index contributed by atoms with van der Waals surface area (Å²) in [5.74, 6) is 0.827. The van der Waals surface area contributed by atoms with Gasteiger partial charge in [0.05, 0.1) is 12.2 Å². The van der Waals surface area contributed by atoms with Crippen LogP contribution >= 0.6 is 0 Å².